The molecule has 4 amide bonds. The van der Waals surface area contributed by atoms with Gasteiger partial charge in [-0.2, -0.15) is 0 Å². The highest BCUT2D eigenvalue weighted by atomic mass is 16.2. The number of nitrogens with two attached hydrogens (primary N) is 1. The zero-order chi connectivity index (χ0) is 17.4. The Bertz CT molecular complexity index is 574. The number of para-hydroxylation sites is 1. The molecule has 7 heteroatoms. The number of carbonyl (C=O) groups is 3. The molecular formula is C16H24N4O3. The maximum Gasteiger partial charge on any atom is 0.318 e. The monoisotopic (exact) mass is 320 g/mol. The van der Waals surface area contributed by atoms with Gasteiger partial charge in [0.1, 0.15) is 0 Å². The van der Waals surface area contributed by atoms with Crippen molar-refractivity contribution in [2.45, 2.75) is 33.2 Å². The van der Waals surface area contributed by atoms with Crippen molar-refractivity contribution in [3.05, 3.63) is 29.8 Å². The van der Waals surface area contributed by atoms with Crippen molar-refractivity contribution >= 4 is 23.5 Å². The lowest BCUT2D eigenvalue weighted by Crippen LogP contribution is -2.50. The molecule has 1 rings (SSSR count). The normalized spacial score (nSPS) is 11.8. The second-order valence-corrected chi connectivity index (χ2v) is 5.36. The van der Waals surface area contributed by atoms with Crippen molar-refractivity contribution in [1.82, 2.24) is 10.2 Å². The molecule has 1 unspecified atom stereocenters. The number of aryl methyl sites for hydroxylation is 1. The summed E-state index contributed by atoms with van der Waals surface area (Å²) in [6.07, 6.45) is 0.770. The average molecular weight is 320 g/mol. The second kappa shape index (κ2) is 8.89. The van der Waals surface area contributed by atoms with E-state index in [9.17, 15) is 14.4 Å². The lowest BCUT2D eigenvalue weighted by atomic mass is 10.2. The maximum atomic E-state index is 12.2. The fourth-order valence-corrected chi connectivity index (χ4v) is 2.18. The summed E-state index contributed by atoms with van der Waals surface area (Å²) in [5.74, 6) is -0.735. The first-order valence-corrected chi connectivity index (χ1v) is 7.55. The second-order valence-electron chi connectivity index (χ2n) is 5.36. The van der Waals surface area contributed by atoms with Gasteiger partial charge in [0.25, 0.3) is 0 Å². The number of urea groups is 1. The van der Waals surface area contributed by atoms with Crippen LogP contribution in [0.25, 0.3) is 0 Å². The maximum absolute atomic E-state index is 12.2. The summed E-state index contributed by atoms with van der Waals surface area (Å²) in [6.45, 7) is 6.09. The van der Waals surface area contributed by atoms with Crippen LogP contribution in [0.5, 0.6) is 0 Å². The van der Waals surface area contributed by atoms with E-state index in [1.807, 2.05) is 43.4 Å². The van der Waals surface area contributed by atoms with Crippen LogP contribution < -0.4 is 16.4 Å². The number of nitrogens with one attached hydrogen (secondary N) is 2. The van der Waals surface area contributed by atoms with Gasteiger partial charge in [0.15, 0.2) is 0 Å². The van der Waals surface area contributed by atoms with Crippen LogP contribution >= 0.6 is 0 Å². The van der Waals surface area contributed by atoms with Crippen LogP contribution in [-0.4, -0.2) is 41.9 Å². The molecule has 0 aromatic heterocycles. The number of anilines is 1. The van der Waals surface area contributed by atoms with Crippen LogP contribution in [0.4, 0.5) is 10.5 Å². The standard InChI is InChI=1S/C16H24N4O3/c1-4-9-20(12(3)15(22)19-16(17)23)10-14(21)18-13-8-6-5-7-11(13)2/h5-8,12H,4,9-10H2,1-3H3,(H,18,21)(H3,17,19,22,23). The Hall–Kier alpha value is -2.41. The van der Waals surface area contributed by atoms with Gasteiger partial charge in [0.2, 0.25) is 11.8 Å². The molecule has 0 saturated carbocycles. The molecule has 0 spiro atoms. The van der Waals surface area contributed by atoms with Gasteiger partial charge in [-0.25, -0.2) is 4.79 Å². The molecule has 0 radical (unpaired) electrons. The smallest absolute Gasteiger partial charge is 0.318 e. The van der Waals surface area contributed by atoms with Crippen molar-refractivity contribution in [3.63, 3.8) is 0 Å². The van der Waals surface area contributed by atoms with Crippen LogP contribution in [0.15, 0.2) is 24.3 Å². The van der Waals surface area contributed by atoms with Gasteiger partial charge < -0.3 is 11.1 Å². The molecule has 23 heavy (non-hydrogen) atoms. The summed E-state index contributed by atoms with van der Waals surface area (Å²) in [7, 11) is 0. The molecule has 0 aliphatic heterocycles. The molecule has 1 aromatic rings. The highest BCUT2D eigenvalue weighted by Gasteiger charge is 2.23. The van der Waals surface area contributed by atoms with Gasteiger partial charge in [-0.15, -0.1) is 0 Å². The van der Waals surface area contributed by atoms with E-state index in [4.69, 9.17) is 5.73 Å². The Balaban J connectivity index is 2.71. The summed E-state index contributed by atoms with van der Waals surface area (Å²) in [5.41, 5.74) is 6.66. The van der Waals surface area contributed by atoms with Crippen molar-refractivity contribution in [1.29, 1.82) is 0 Å². The average Bonchev–Trinajstić information content (AvgIpc) is 2.47. The topological polar surface area (TPSA) is 105 Å². The molecule has 0 aliphatic carbocycles. The van der Waals surface area contributed by atoms with Gasteiger partial charge in [0, 0.05) is 5.69 Å². The Morgan fingerprint density at radius 2 is 1.91 bits per heavy atom. The molecule has 7 nitrogen and oxygen atoms in total. The van der Waals surface area contributed by atoms with E-state index in [0.717, 1.165) is 17.7 Å². The lowest BCUT2D eigenvalue weighted by molar-refractivity contribution is -0.126. The summed E-state index contributed by atoms with van der Waals surface area (Å²) in [4.78, 5) is 36.6. The Morgan fingerprint density at radius 1 is 1.26 bits per heavy atom. The third-order valence-corrected chi connectivity index (χ3v) is 3.45. The largest absolute Gasteiger partial charge is 0.351 e. The van der Waals surface area contributed by atoms with Gasteiger partial charge in [-0.1, -0.05) is 25.1 Å². The number of imide groups is 1. The zero-order valence-electron chi connectivity index (χ0n) is 13.8. The third-order valence-electron chi connectivity index (χ3n) is 3.45. The van der Waals surface area contributed by atoms with Crippen LogP contribution in [0.1, 0.15) is 25.8 Å². The quantitative estimate of drug-likeness (QED) is 0.702. The van der Waals surface area contributed by atoms with E-state index in [2.05, 4.69) is 5.32 Å². The zero-order valence-corrected chi connectivity index (χ0v) is 13.8. The lowest BCUT2D eigenvalue weighted by Gasteiger charge is -2.26. The van der Waals surface area contributed by atoms with E-state index >= 15 is 0 Å². The molecule has 0 aliphatic rings. The highest BCUT2D eigenvalue weighted by molar-refractivity contribution is 5.97. The number of hydrogen-bond acceptors (Lipinski definition) is 4. The number of primary amides is 1. The molecule has 0 bridgehead atoms. The van der Waals surface area contributed by atoms with E-state index in [0.29, 0.717) is 6.54 Å². The molecule has 4 N–H and O–H groups in total. The highest BCUT2D eigenvalue weighted by Crippen LogP contribution is 2.13. The summed E-state index contributed by atoms with van der Waals surface area (Å²) in [6, 6.07) is 5.93. The fourth-order valence-electron chi connectivity index (χ4n) is 2.18. The number of hydrogen-bond donors (Lipinski definition) is 3. The number of benzene rings is 1. The number of rotatable bonds is 7. The summed E-state index contributed by atoms with van der Waals surface area (Å²) < 4.78 is 0. The first-order chi connectivity index (χ1) is 10.8. The van der Waals surface area contributed by atoms with Gasteiger partial charge in [-0.05, 0) is 38.4 Å². The van der Waals surface area contributed by atoms with Gasteiger partial charge >= 0.3 is 6.03 Å². The Labute approximate surface area is 136 Å². The Kier molecular flexibility index (Phi) is 7.21. The third kappa shape index (κ3) is 6.07. The van der Waals surface area contributed by atoms with Crippen molar-refractivity contribution in [3.8, 4) is 0 Å². The molecule has 0 heterocycles. The van der Waals surface area contributed by atoms with Crippen molar-refractivity contribution in [2.24, 2.45) is 5.73 Å². The van der Waals surface area contributed by atoms with E-state index < -0.39 is 18.0 Å². The van der Waals surface area contributed by atoms with Crippen LogP contribution in [0, 0.1) is 6.92 Å². The molecule has 1 atom stereocenters. The van der Waals surface area contributed by atoms with Gasteiger partial charge in [-0.3, -0.25) is 19.8 Å². The predicted octanol–water partition coefficient (Wildman–Crippen LogP) is 1.23. The van der Waals surface area contributed by atoms with E-state index in [1.165, 1.54) is 0 Å². The van der Waals surface area contributed by atoms with Crippen LogP contribution in [0.3, 0.4) is 0 Å². The van der Waals surface area contributed by atoms with Crippen molar-refractivity contribution < 1.29 is 14.4 Å². The molecule has 0 fully saturated rings. The first-order valence-electron chi connectivity index (χ1n) is 7.55. The fraction of sp³-hybridized carbons (Fsp3) is 0.438. The minimum atomic E-state index is -0.900. The Morgan fingerprint density at radius 3 is 2.48 bits per heavy atom. The number of carbonyl (C=O) groups excluding carboxylic acids is 3. The van der Waals surface area contributed by atoms with Gasteiger partial charge in [0.05, 0.1) is 12.6 Å². The SMILES string of the molecule is CCCN(CC(=O)Nc1ccccc1C)C(C)C(=O)NC(N)=O. The molecule has 1 aromatic carbocycles. The van der Waals surface area contributed by atoms with E-state index in [-0.39, 0.29) is 12.5 Å². The van der Waals surface area contributed by atoms with Crippen LogP contribution in [-0.2, 0) is 9.59 Å². The number of amides is 4. The van der Waals surface area contributed by atoms with Crippen molar-refractivity contribution in [2.75, 3.05) is 18.4 Å². The molecular weight excluding hydrogens is 296 g/mol. The molecule has 126 valence electrons. The number of nitrogens with zero attached hydrogens (tertiary/aromatic N) is 1. The first kappa shape index (κ1) is 18.6. The minimum absolute atomic E-state index is 0.0511. The van der Waals surface area contributed by atoms with E-state index in [1.54, 1.807) is 11.8 Å². The summed E-state index contributed by atoms with van der Waals surface area (Å²) in [5, 5.41) is 4.87. The van der Waals surface area contributed by atoms with Crippen LogP contribution in [0.2, 0.25) is 0 Å². The molecule has 0 saturated heterocycles. The minimum Gasteiger partial charge on any atom is -0.351 e. The summed E-state index contributed by atoms with van der Waals surface area (Å²) >= 11 is 0. The predicted molar refractivity (Wildman–Crippen MR) is 88.9 cm³/mol.